The Morgan fingerprint density at radius 3 is 2.57 bits per heavy atom. The second-order valence-electron chi connectivity index (χ2n) is 3.53. The SMILES string of the molecule is O=C([O-])C1CCc2ccccc2C1.[Cs+]. The second kappa shape index (κ2) is 5.72. The molecule has 14 heavy (non-hydrogen) atoms. The Balaban J connectivity index is 0.000000980. The van der Waals surface area contributed by atoms with Gasteiger partial charge in [0.05, 0.1) is 0 Å². The van der Waals surface area contributed by atoms with E-state index in [2.05, 4.69) is 6.07 Å². The molecule has 0 fully saturated rings. The molecule has 1 aliphatic rings. The number of hydrogen-bond acceptors (Lipinski definition) is 2. The molecular formula is C11H11CsO2. The number of hydrogen-bond donors (Lipinski definition) is 0. The number of carbonyl (C=O) groups excluding carboxylic acids is 1. The first-order chi connectivity index (χ1) is 6.27. The molecule has 0 saturated heterocycles. The maximum absolute atomic E-state index is 10.7. The summed E-state index contributed by atoms with van der Waals surface area (Å²) in [5.74, 6) is -1.19. The Morgan fingerprint density at radius 1 is 1.29 bits per heavy atom. The molecule has 3 heteroatoms. The van der Waals surface area contributed by atoms with Crippen molar-refractivity contribution in [3.05, 3.63) is 35.4 Å². The first-order valence-corrected chi connectivity index (χ1v) is 4.55. The van der Waals surface area contributed by atoms with E-state index in [1.54, 1.807) is 0 Å². The number of carboxylic acid groups (broad SMARTS) is 1. The zero-order chi connectivity index (χ0) is 9.26. The Labute approximate surface area is 143 Å². The fraction of sp³-hybridized carbons (Fsp3) is 0.364. The van der Waals surface area contributed by atoms with Crippen LogP contribution in [0.2, 0.25) is 0 Å². The van der Waals surface area contributed by atoms with Crippen LogP contribution in [0.15, 0.2) is 24.3 Å². The number of benzene rings is 1. The molecule has 0 aliphatic heterocycles. The zero-order valence-electron chi connectivity index (χ0n) is 8.32. The molecule has 1 aromatic rings. The van der Waals surface area contributed by atoms with E-state index in [1.165, 1.54) is 11.1 Å². The van der Waals surface area contributed by atoms with E-state index in [-0.39, 0.29) is 74.8 Å². The average molecular weight is 308 g/mol. The largest absolute Gasteiger partial charge is 1.00 e. The van der Waals surface area contributed by atoms with Crippen LogP contribution in [-0.2, 0) is 17.6 Å². The van der Waals surface area contributed by atoms with Crippen LogP contribution in [0.5, 0.6) is 0 Å². The normalized spacial score (nSPS) is 19.3. The summed E-state index contributed by atoms with van der Waals surface area (Å²) in [6.07, 6.45) is 2.23. The summed E-state index contributed by atoms with van der Waals surface area (Å²) in [5.41, 5.74) is 2.46. The van der Waals surface area contributed by atoms with E-state index in [4.69, 9.17) is 0 Å². The Bertz CT molecular complexity index is 336. The predicted molar refractivity (Wildman–Crippen MR) is 47.0 cm³/mol. The fourth-order valence-corrected chi connectivity index (χ4v) is 1.90. The molecule has 2 rings (SSSR count). The van der Waals surface area contributed by atoms with Crippen LogP contribution in [0.3, 0.4) is 0 Å². The summed E-state index contributed by atoms with van der Waals surface area (Å²) in [5, 5.41) is 10.7. The van der Waals surface area contributed by atoms with Gasteiger partial charge in [0.1, 0.15) is 0 Å². The maximum Gasteiger partial charge on any atom is 1.00 e. The summed E-state index contributed by atoms with van der Waals surface area (Å²) in [4.78, 5) is 10.7. The third-order valence-electron chi connectivity index (χ3n) is 2.68. The van der Waals surface area contributed by atoms with Gasteiger partial charge in [-0.3, -0.25) is 0 Å². The topological polar surface area (TPSA) is 40.1 Å². The van der Waals surface area contributed by atoms with E-state index in [9.17, 15) is 9.90 Å². The molecule has 1 aliphatic carbocycles. The van der Waals surface area contributed by atoms with Crippen LogP contribution < -0.4 is 74.0 Å². The number of fused-ring (bicyclic) bond motifs is 1. The minimum Gasteiger partial charge on any atom is -0.550 e. The molecule has 0 saturated carbocycles. The van der Waals surface area contributed by atoms with Gasteiger partial charge in [0, 0.05) is 11.9 Å². The first kappa shape index (κ1) is 12.8. The quantitative estimate of drug-likeness (QED) is 0.578. The Hall–Kier alpha value is 0.742. The van der Waals surface area contributed by atoms with Crippen LogP contribution >= 0.6 is 0 Å². The van der Waals surface area contributed by atoms with Gasteiger partial charge in [-0.2, -0.15) is 0 Å². The van der Waals surface area contributed by atoms with Crippen molar-refractivity contribution in [1.82, 2.24) is 0 Å². The number of rotatable bonds is 1. The van der Waals surface area contributed by atoms with Crippen molar-refractivity contribution >= 4 is 5.97 Å². The van der Waals surface area contributed by atoms with Crippen molar-refractivity contribution in [2.75, 3.05) is 0 Å². The number of carbonyl (C=O) groups is 1. The van der Waals surface area contributed by atoms with Gasteiger partial charge in [0.15, 0.2) is 0 Å². The van der Waals surface area contributed by atoms with Gasteiger partial charge in [-0.15, -0.1) is 0 Å². The smallest absolute Gasteiger partial charge is 0.550 e. The summed E-state index contributed by atoms with van der Waals surface area (Å²) in [6, 6.07) is 8.03. The van der Waals surface area contributed by atoms with Crippen molar-refractivity contribution in [3.63, 3.8) is 0 Å². The van der Waals surface area contributed by atoms with E-state index < -0.39 is 5.97 Å². The molecule has 0 heterocycles. The molecule has 1 aromatic carbocycles. The van der Waals surface area contributed by atoms with Crippen LogP contribution in [0.25, 0.3) is 0 Å². The van der Waals surface area contributed by atoms with E-state index in [0.29, 0.717) is 6.42 Å². The molecule has 0 amide bonds. The number of carboxylic acids is 1. The van der Waals surface area contributed by atoms with E-state index in [0.717, 1.165) is 12.8 Å². The third-order valence-corrected chi connectivity index (χ3v) is 2.68. The molecule has 0 aromatic heterocycles. The van der Waals surface area contributed by atoms with Crippen LogP contribution in [0.4, 0.5) is 0 Å². The summed E-state index contributed by atoms with van der Waals surface area (Å²) >= 11 is 0. The minimum absolute atomic E-state index is 0. The number of aryl methyl sites for hydroxylation is 1. The Morgan fingerprint density at radius 2 is 1.93 bits per heavy atom. The molecule has 0 spiro atoms. The second-order valence-corrected chi connectivity index (χ2v) is 3.53. The van der Waals surface area contributed by atoms with Crippen molar-refractivity contribution in [3.8, 4) is 0 Å². The van der Waals surface area contributed by atoms with Gasteiger partial charge < -0.3 is 9.90 Å². The van der Waals surface area contributed by atoms with Crippen LogP contribution in [0.1, 0.15) is 17.5 Å². The minimum atomic E-state index is -0.908. The Kier molecular flexibility index (Phi) is 5.24. The van der Waals surface area contributed by atoms with E-state index >= 15 is 0 Å². The summed E-state index contributed by atoms with van der Waals surface area (Å²) < 4.78 is 0. The standard InChI is InChI=1S/C11H12O2.Cs/c12-11(13)10-6-5-8-3-1-2-4-9(8)7-10;/h1-4,10H,5-7H2,(H,12,13);/q;+1/p-1. The number of aliphatic carboxylic acids is 1. The summed E-state index contributed by atoms with van der Waals surface area (Å²) in [6.45, 7) is 0. The molecule has 0 N–H and O–H groups in total. The zero-order valence-corrected chi connectivity index (χ0v) is 14.6. The van der Waals surface area contributed by atoms with Gasteiger partial charge in [0.25, 0.3) is 0 Å². The average Bonchev–Trinajstić information content (AvgIpc) is 2.17. The van der Waals surface area contributed by atoms with Gasteiger partial charge in [-0.25, -0.2) is 0 Å². The van der Waals surface area contributed by atoms with Crippen molar-refractivity contribution in [1.29, 1.82) is 0 Å². The maximum atomic E-state index is 10.7. The van der Waals surface area contributed by atoms with E-state index in [1.807, 2.05) is 18.2 Å². The van der Waals surface area contributed by atoms with Crippen LogP contribution in [-0.4, -0.2) is 5.97 Å². The predicted octanol–water partition coefficient (Wildman–Crippen LogP) is -2.45. The molecule has 68 valence electrons. The van der Waals surface area contributed by atoms with Crippen molar-refractivity contribution < 1.29 is 78.8 Å². The first-order valence-electron chi connectivity index (χ1n) is 4.55. The molecule has 2 nitrogen and oxygen atoms in total. The van der Waals surface area contributed by atoms with Gasteiger partial charge in [-0.05, 0) is 30.4 Å². The monoisotopic (exact) mass is 308 g/mol. The van der Waals surface area contributed by atoms with Crippen LogP contribution in [0, 0.1) is 5.92 Å². The summed E-state index contributed by atoms with van der Waals surface area (Å²) in [7, 11) is 0. The molecule has 1 unspecified atom stereocenters. The third kappa shape index (κ3) is 2.87. The molecule has 0 radical (unpaired) electrons. The molecule has 1 atom stereocenters. The fourth-order valence-electron chi connectivity index (χ4n) is 1.90. The van der Waals surface area contributed by atoms with Gasteiger partial charge in [0.2, 0.25) is 0 Å². The van der Waals surface area contributed by atoms with Crippen molar-refractivity contribution in [2.24, 2.45) is 5.92 Å². The molecular weight excluding hydrogens is 297 g/mol. The van der Waals surface area contributed by atoms with Gasteiger partial charge >= 0.3 is 68.9 Å². The molecule has 0 bridgehead atoms. The van der Waals surface area contributed by atoms with Gasteiger partial charge in [-0.1, -0.05) is 24.3 Å². The van der Waals surface area contributed by atoms with Crippen molar-refractivity contribution in [2.45, 2.75) is 19.3 Å².